The Morgan fingerprint density at radius 3 is 2.60 bits per heavy atom. The van der Waals surface area contributed by atoms with Crippen LogP contribution >= 0.6 is 0 Å². The van der Waals surface area contributed by atoms with Crippen molar-refractivity contribution in [3.8, 4) is 17.1 Å². The number of rotatable bonds is 7. The maximum atomic E-state index is 13.4. The number of anilines is 3. The minimum absolute atomic E-state index is 0.168. The van der Waals surface area contributed by atoms with Crippen LogP contribution in [0.15, 0.2) is 30.6 Å². The van der Waals surface area contributed by atoms with E-state index in [2.05, 4.69) is 30.9 Å². The van der Waals surface area contributed by atoms with Gasteiger partial charge in [-0.1, -0.05) is 6.07 Å². The van der Waals surface area contributed by atoms with Crippen molar-refractivity contribution >= 4 is 29.0 Å². The molecule has 35 heavy (non-hydrogen) atoms. The van der Waals surface area contributed by atoms with Gasteiger partial charge < -0.3 is 20.7 Å². The molecule has 0 saturated heterocycles. The van der Waals surface area contributed by atoms with Crippen molar-refractivity contribution in [2.45, 2.75) is 19.0 Å². The van der Waals surface area contributed by atoms with Crippen LogP contribution in [0.4, 0.5) is 30.4 Å². The van der Waals surface area contributed by atoms with Gasteiger partial charge in [0, 0.05) is 24.2 Å². The van der Waals surface area contributed by atoms with E-state index in [-0.39, 0.29) is 35.8 Å². The Morgan fingerprint density at radius 1 is 1.23 bits per heavy atom. The van der Waals surface area contributed by atoms with Crippen molar-refractivity contribution in [3.05, 3.63) is 36.3 Å². The van der Waals surface area contributed by atoms with Crippen LogP contribution in [-0.2, 0) is 11.8 Å². The Bertz CT molecular complexity index is 1390. The standard InChI is InChI=1S/C21H21F3N8O3/c1-25-18(33)15-13(9-14(29-30-15)28-19(34)20(7-8-20)21(22,23)24)27-12-6-4-5-11(16(12)35-3)17-26-10-32(2)31-17/h4-6,9-10H,7-8H2,1-3H3,(H,25,33)(H2,27,28,29,34)/i1D3. The second kappa shape index (κ2) is 8.85. The van der Waals surface area contributed by atoms with Crippen LogP contribution in [0, 0.1) is 5.41 Å². The lowest BCUT2D eigenvalue weighted by Crippen LogP contribution is -2.37. The number of carbonyl (C=O) groups excluding carboxylic acids is 2. The molecular formula is C21H21F3N8O3. The summed E-state index contributed by atoms with van der Waals surface area (Å²) in [6.45, 7) is -2.86. The molecule has 2 amide bonds. The number of carbonyl (C=O) groups is 2. The summed E-state index contributed by atoms with van der Waals surface area (Å²) in [6.07, 6.45) is -4.02. The number of hydrogen-bond donors (Lipinski definition) is 3. The predicted octanol–water partition coefficient (Wildman–Crippen LogP) is 2.66. The highest BCUT2D eigenvalue weighted by atomic mass is 19.4. The molecule has 1 aliphatic rings. The van der Waals surface area contributed by atoms with E-state index < -0.39 is 36.1 Å². The van der Waals surface area contributed by atoms with E-state index in [1.54, 1.807) is 30.6 Å². The third kappa shape index (κ3) is 4.46. The van der Waals surface area contributed by atoms with Gasteiger partial charge >= 0.3 is 6.18 Å². The van der Waals surface area contributed by atoms with Gasteiger partial charge in [0.15, 0.2) is 23.1 Å². The number of aromatic nitrogens is 5. The van der Waals surface area contributed by atoms with E-state index in [9.17, 15) is 22.8 Å². The van der Waals surface area contributed by atoms with Gasteiger partial charge in [0.2, 0.25) is 5.91 Å². The lowest BCUT2D eigenvalue weighted by molar-refractivity contribution is -0.189. The summed E-state index contributed by atoms with van der Waals surface area (Å²) < 4.78 is 69.0. The van der Waals surface area contributed by atoms with Crippen molar-refractivity contribution in [1.29, 1.82) is 0 Å². The smallest absolute Gasteiger partial charge is 0.403 e. The first-order chi connectivity index (χ1) is 17.7. The Hall–Kier alpha value is -4.23. The molecule has 0 spiro atoms. The molecule has 3 N–H and O–H groups in total. The van der Waals surface area contributed by atoms with E-state index in [1.807, 2.05) is 0 Å². The molecule has 4 rings (SSSR count). The lowest BCUT2D eigenvalue weighted by atomic mass is 10.1. The Balaban J connectivity index is 1.73. The normalized spacial score (nSPS) is 15.9. The SMILES string of the molecule is [2H]C([2H])([2H])NC(=O)c1nnc(NC(=O)C2(C(F)(F)F)CC2)cc1Nc1cccc(-c2ncn(C)n2)c1OC. The molecule has 0 bridgehead atoms. The van der Waals surface area contributed by atoms with Crippen LogP contribution < -0.4 is 20.7 Å². The molecule has 2 aromatic heterocycles. The fourth-order valence-electron chi connectivity index (χ4n) is 3.41. The van der Waals surface area contributed by atoms with Gasteiger partial charge in [-0.15, -0.1) is 10.2 Å². The van der Waals surface area contributed by atoms with Crippen LogP contribution in [0.5, 0.6) is 5.75 Å². The molecular weight excluding hydrogens is 469 g/mol. The Kier molecular flexibility index (Phi) is 5.10. The third-order valence-corrected chi connectivity index (χ3v) is 5.42. The van der Waals surface area contributed by atoms with Crippen molar-refractivity contribution in [2.75, 3.05) is 24.7 Å². The average molecular weight is 493 g/mol. The molecule has 1 aliphatic carbocycles. The number of aryl methyl sites for hydroxylation is 1. The molecule has 0 unspecified atom stereocenters. The van der Waals surface area contributed by atoms with Crippen LogP contribution in [0.3, 0.4) is 0 Å². The number of hydrogen-bond acceptors (Lipinski definition) is 8. The van der Waals surface area contributed by atoms with Gasteiger partial charge in [0.25, 0.3) is 5.91 Å². The second-order valence-electron chi connectivity index (χ2n) is 7.73. The van der Waals surface area contributed by atoms with Crippen molar-refractivity contribution in [1.82, 2.24) is 30.3 Å². The zero-order valence-electron chi connectivity index (χ0n) is 21.4. The molecule has 184 valence electrons. The summed E-state index contributed by atoms with van der Waals surface area (Å²) in [5.74, 6) is -2.30. The van der Waals surface area contributed by atoms with Crippen molar-refractivity contribution in [2.24, 2.45) is 12.5 Å². The highest BCUT2D eigenvalue weighted by Crippen LogP contribution is 2.58. The molecule has 0 radical (unpaired) electrons. The summed E-state index contributed by atoms with van der Waals surface area (Å²) in [7, 11) is 3.04. The number of methoxy groups -OCH3 is 1. The largest absolute Gasteiger partial charge is 0.494 e. The zero-order chi connectivity index (χ0) is 27.9. The van der Waals surface area contributed by atoms with Gasteiger partial charge in [-0.25, -0.2) is 4.98 Å². The highest BCUT2D eigenvalue weighted by molar-refractivity contribution is 6.01. The quantitative estimate of drug-likeness (QED) is 0.457. The summed E-state index contributed by atoms with van der Waals surface area (Å²) in [5, 5.41) is 18.3. The first-order valence-corrected chi connectivity index (χ1v) is 10.1. The molecule has 0 atom stereocenters. The number of benzene rings is 1. The average Bonchev–Trinajstić information content (AvgIpc) is 3.54. The number of ether oxygens (including phenoxy) is 1. The Morgan fingerprint density at radius 2 is 2.00 bits per heavy atom. The lowest BCUT2D eigenvalue weighted by Gasteiger charge is -2.19. The fraction of sp³-hybridized carbons (Fsp3) is 0.333. The highest BCUT2D eigenvalue weighted by Gasteiger charge is 2.68. The first kappa shape index (κ1) is 20.2. The van der Waals surface area contributed by atoms with Crippen LogP contribution in [-0.4, -0.2) is 57.0 Å². The van der Waals surface area contributed by atoms with Crippen molar-refractivity contribution < 1.29 is 31.6 Å². The number of amides is 2. The predicted molar refractivity (Wildman–Crippen MR) is 118 cm³/mol. The maximum Gasteiger partial charge on any atom is 0.403 e. The van der Waals surface area contributed by atoms with Crippen molar-refractivity contribution in [3.63, 3.8) is 0 Å². The molecule has 1 saturated carbocycles. The zero-order valence-corrected chi connectivity index (χ0v) is 18.4. The fourth-order valence-corrected chi connectivity index (χ4v) is 3.41. The molecule has 14 heteroatoms. The third-order valence-electron chi connectivity index (χ3n) is 5.42. The molecule has 2 heterocycles. The van der Waals surface area contributed by atoms with Gasteiger partial charge in [0.05, 0.1) is 24.0 Å². The van der Waals surface area contributed by atoms with E-state index in [0.717, 1.165) is 6.07 Å². The summed E-state index contributed by atoms with van der Waals surface area (Å²) in [6, 6.07) is 5.91. The number of para-hydroxylation sites is 1. The first-order valence-electron chi connectivity index (χ1n) is 11.6. The molecule has 11 nitrogen and oxygen atoms in total. The topological polar surface area (TPSA) is 136 Å². The molecule has 0 aliphatic heterocycles. The number of nitrogens with zero attached hydrogens (tertiary/aromatic N) is 5. The van der Waals surface area contributed by atoms with Crippen LogP contribution in [0.2, 0.25) is 0 Å². The van der Waals surface area contributed by atoms with Gasteiger partial charge in [-0.2, -0.15) is 18.3 Å². The summed E-state index contributed by atoms with van der Waals surface area (Å²) in [4.78, 5) is 29.2. The summed E-state index contributed by atoms with van der Waals surface area (Å²) >= 11 is 0. The molecule has 1 aromatic carbocycles. The van der Waals surface area contributed by atoms with Crippen LogP contribution in [0.25, 0.3) is 11.4 Å². The van der Waals surface area contributed by atoms with Gasteiger partial charge in [0.1, 0.15) is 11.7 Å². The number of halogens is 3. The minimum atomic E-state index is -4.75. The maximum absolute atomic E-state index is 13.4. The minimum Gasteiger partial charge on any atom is -0.494 e. The van der Waals surface area contributed by atoms with Gasteiger partial charge in [-0.3, -0.25) is 14.3 Å². The monoisotopic (exact) mass is 493 g/mol. The van der Waals surface area contributed by atoms with Crippen LogP contribution in [0.1, 0.15) is 27.4 Å². The second-order valence-corrected chi connectivity index (χ2v) is 7.73. The van der Waals surface area contributed by atoms with E-state index in [4.69, 9.17) is 8.85 Å². The summed E-state index contributed by atoms with van der Waals surface area (Å²) in [5.41, 5.74) is -2.48. The van der Waals surface area contributed by atoms with E-state index in [1.165, 1.54) is 18.1 Å². The van der Waals surface area contributed by atoms with E-state index in [0.29, 0.717) is 11.4 Å². The molecule has 3 aromatic rings. The Labute approximate surface area is 201 Å². The molecule has 1 fully saturated rings. The number of nitrogens with one attached hydrogen (secondary N) is 3. The van der Waals surface area contributed by atoms with E-state index >= 15 is 0 Å². The number of alkyl halides is 3. The van der Waals surface area contributed by atoms with Gasteiger partial charge in [-0.05, 0) is 25.0 Å².